The van der Waals surface area contributed by atoms with Crippen LogP contribution in [0.3, 0.4) is 0 Å². The number of hydrogen-bond acceptors (Lipinski definition) is 11. The number of guanidine groups is 1. The Labute approximate surface area is 361 Å². The van der Waals surface area contributed by atoms with E-state index in [0.717, 1.165) is 30.5 Å². The van der Waals surface area contributed by atoms with Gasteiger partial charge >= 0.3 is 0 Å². The summed E-state index contributed by atoms with van der Waals surface area (Å²) < 4.78 is 0. The zero-order chi connectivity index (χ0) is 45.3. The first-order valence-corrected chi connectivity index (χ1v) is 22.2. The van der Waals surface area contributed by atoms with Crippen LogP contribution in [0.2, 0.25) is 0 Å². The molecule has 0 radical (unpaired) electrons. The number of amides is 1. The summed E-state index contributed by atoms with van der Waals surface area (Å²) in [6, 6.07) is 0.0491. The molecule has 3 fully saturated rings. The number of nitrogens with two attached hydrogens (primary N) is 1. The number of aliphatic hydroxyl groups is 8. The first-order valence-electron chi connectivity index (χ1n) is 22.2. The van der Waals surface area contributed by atoms with Crippen LogP contribution in [0.15, 0.2) is 70.6 Å². The van der Waals surface area contributed by atoms with Gasteiger partial charge in [0, 0.05) is 29.8 Å². The highest BCUT2D eigenvalue weighted by atomic mass is 16.3. The van der Waals surface area contributed by atoms with E-state index in [1.807, 2.05) is 44.7 Å². The van der Waals surface area contributed by atoms with E-state index < -0.39 is 65.8 Å². The lowest BCUT2D eigenvalue weighted by molar-refractivity contribution is -0.118. The molecule has 0 bridgehead atoms. The fourth-order valence-electron chi connectivity index (χ4n) is 10.0. The summed E-state index contributed by atoms with van der Waals surface area (Å²) in [4.78, 5) is 27.3. The lowest BCUT2D eigenvalue weighted by atomic mass is 9.51. The van der Waals surface area contributed by atoms with Crippen LogP contribution in [0.5, 0.6) is 0 Å². The molecule has 12 N–H and O–H groups in total. The van der Waals surface area contributed by atoms with Gasteiger partial charge in [0.05, 0.1) is 49.3 Å². The molecule has 14 nitrogen and oxygen atoms in total. The molecule has 1 amide bonds. The van der Waals surface area contributed by atoms with Crippen molar-refractivity contribution in [2.24, 2.45) is 40.7 Å². The first-order chi connectivity index (χ1) is 28.7. The Morgan fingerprint density at radius 2 is 1.69 bits per heavy atom. The second-order valence-corrected chi connectivity index (χ2v) is 18.5. The third kappa shape index (κ3) is 12.3. The van der Waals surface area contributed by atoms with Gasteiger partial charge in [0.1, 0.15) is 11.3 Å². The number of likely N-dealkylation sites (tertiary alicyclic amines) is 1. The van der Waals surface area contributed by atoms with Gasteiger partial charge in [-0.3, -0.25) is 15.0 Å². The SMILES string of the molecule is CC1=C[C@H]2[C@H](O)[C@H](O)CC[C@H]2[C@@](C)(/C(O)=C2\C(=O)CNC2=O)[C@@H]1CCC(C)C(O)/C(C)=C/CC(O)/C=C/C(C)C(O)/C=C/CC(O)/C(C)=C/CC(O)CC1CCCN1C(=N)N. The monoisotopic (exact) mass is 855 g/mol. The molecule has 0 spiro atoms. The standard InChI is InChI=1S/C47H74N4O10/c1-26(37(54)10-7-11-38(55)27(2)13-18-33(53)24-31-9-8-22-51(31)46(48)49)12-16-32(52)17-14-28(3)42(58)29(4)15-19-35-30(5)23-34-36(20-21-39(56)43(34)59)47(35,6)44(60)41-40(57)25-50-45(41)61/h7,10,12-14,16,23,26,29,31-39,42-43,52-56,58-60H,8-9,11,15,17-22,24-25H2,1-6H3,(H3,48,49)(H,50,61)/b10-7+,16-12+,27-13+,28-14+,44-41-/t26?,29?,31?,32?,33?,34-,35-,36-,37?,38?,39-,42?,43+,47+/m1/s1. The van der Waals surface area contributed by atoms with Gasteiger partial charge in [-0.05, 0) is 114 Å². The van der Waals surface area contributed by atoms with Gasteiger partial charge in [-0.2, -0.15) is 0 Å². The smallest absolute Gasteiger partial charge is 0.258 e. The van der Waals surface area contributed by atoms with Crippen LogP contribution >= 0.6 is 0 Å². The predicted molar refractivity (Wildman–Crippen MR) is 235 cm³/mol. The number of fused-ring (bicyclic) bond motifs is 1. The number of Topliss-reactive ketones (excluding diaryl/α,β-unsaturated/α-hetero) is 1. The lowest BCUT2D eigenvalue weighted by Crippen LogP contribution is -2.53. The molecule has 0 aromatic carbocycles. The van der Waals surface area contributed by atoms with Crippen LogP contribution in [-0.4, -0.2) is 125 Å². The molecule has 8 unspecified atom stereocenters. The first kappa shape index (κ1) is 50.0. The van der Waals surface area contributed by atoms with Crippen molar-refractivity contribution in [2.45, 2.75) is 155 Å². The Morgan fingerprint density at radius 3 is 2.34 bits per heavy atom. The number of carbonyl (C=O) groups excluding carboxylic acids is 2. The number of ketones is 1. The molecule has 4 aliphatic rings. The Kier molecular flexibility index (Phi) is 18.1. The van der Waals surface area contributed by atoms with Crippen LogP contribution in [0.25, 0.3) is 0 Å². The molecular weight excluding hydrogens is 781 g/mol. The second kappa shape index (κ2) is 22.1. The van der Waals surface area contributed by atoms with Gasteiger partial charge in [0.2, 0.25) is 0 Å². The maximum Gasteiger partial charge on any atom is 0.258 e. The highest BCUT2D eigenvalue weighted by Gasteiger charge is 2.56. The molecule has 0 aromatic heterocycles. The number of allylic oxidation sites excluding steroid dienone is 2. The van der Waals surface area contributed by atoms with Crippen molar-refractivity contribution in [3.05, 3.63) is 70.6 Å². The second-order valence-electron chi connectivity index (χ2n) is 18.5. The van der Waals surface area contributed by atoms with Crippen molar-refractivity contribution in [2.75, 3.05) is 13.1 Å². The summed E-state index contributed by atoms with van der Waals surface area (Å²) in [6.07, 6.45) is 11.4. The molecule has 4 rings (SSSR count). The van der Waals surface area contributed by atoms with Gasteiger partial charge < -0.3 is 56.8 Å². The fourth-order valence-corrected chi connectivity index (χ4v) is 10.0. The maximum atomic E-state index is 12.8. The maximum absolute atomic E-state index is 12.8. The Balaban J connectivity index is 1.28. The Hall–Kier alpha value is -3.63. The molecule has 2 heterocycles. The number of carbonyl (C=O) groups is 2. The lowest BCUT2D eigenvalue weighted by Gasteiger charge is -2.54. The van der Waals surface area contributed by atoms with Crippen molar-refractivity contribution in [3.63, 3.8) is 0 Å². The zero-order valence-electron chi connectivity index (χ0n) is 37.0. The van der Waals surface area contributed by atoms with E-state index in [1.165, 1.54) is 0 Å². The zero-order valence-corrected chi connectivity index (χ0v) is 37.0. The van der Waals surface area contributed by atoms with E-state index in [0.29, 0.717) is 44.1 Å². The molecule has 61 heavy (non-hydrogen) atoms. The molecule has 2 aliphatic heterocycles. The number of nitrogens with one attached hydrogen (secondary N) is 2. The summed E-state index contributed by atoms with van der Waals surface area (Å²) in [5.74, 6) is -3.02. The average molecular weight is 855 g/mol. The minimum Gasteiger partial charge on any atom is -0.511 e. The summed E-state index contributed by atoms with van der Waals surface area (Å²) in [6.45, 7) is 11.6. The third-order valence-electron chi connectivity index (χ3n) is 14.1. The topological polar surface area (TPSA) is 261 Å². The van der Waals surface area contributed by atoms with E-state index in [-0.39, 0.29) is 66.4 Å². The quantitative estimate of drug-likeness (QED) is 0.0223. The molecular formula is C47H74N4O10. The van der Waals surface area contributed by atoms with E-state index in [2.05, 4.69) is 5.32 Å². The molecule has 14 heteroatoms. The highest BCUT2D eigenvalue weighted by Crippen LogP contribution is 2.58. The molecule has 342 valence electrons. The van der Waals surface area contributed by atoms with Crippen molar-refractivity contribution in [1.82, 2.24) is 10.2 Å². The highest BCUT2D eigenvalue weighted by molar-refractivity contribution is 6.25. The van der Waals surface area contributed by atoms with Gasteiger partial charge in [-0.1, -0.05) is 68.9 Å². The van der Waals surface area contributed by atoms with E-state index in [1.54, 1.807) is 44.2 Å². The fraction of sp³-hybridized carbons (Fsp3) is 0.681. The molecule has 0 aromatic rings. The third-order valence-corrected chi connectivity index (χ3v) is 14.1. The van der Waals surface area contributed by atoms with Crippen LogP contribution in [0.4, 0.5) is 0 Å². The Bertz CT molecular complexity index is 1720. The van der Waals surface area contributed by atoms with Crippen LogP contribution < -0.4 is 11.1 Å². The summed E-state index contributed by atoms with van der Waals surface area (Å²) >= 11 is 0. The summed E-state index contributed by atoms with van der Waals surface area (Å²) in [5, 5.41) is 97.4. The number of hydrogen-bond donors (Lipinski definition) is 11. The van der Waals surface area contributed by atoms with E-state index in [9.17, 15) is 50.4 Å². The Morgan fingerprint density at radius 1 is 1.00 bits per heavy atom. The predicted octanol–water partition coefficient (Wildman–Crippen LogP) is 3.61. The average Bonchev–Trinajstić information content (AvgIpc) is 3.83. The van der Waals surface area contributed by atoms with Gasteiger partial charge in [0.25, 0.3) is 5.91 Å². The van der Waals surface area contributed by atoms with Crippen molar-refractivity contribution in [1.29, 1.82) is 5.41 Å². The minimum absolute atomic E-state index is 0.0283. The van der Waals surface area contributed by atoms with Gasteiger partial charge in [0.15, 0.2) is 11.7 Å². The van der Waals surface area contributed by atoms with Gasteiger partial charge in [-0.25, -0.2) is 0 Å². The number of nitrogens with zero attached hydrogens (tertiary/aromatic N) is 1. The minimum atomic E-state index is -1.08. The van der Waals surface area contributed by atoms with Crippen LogP contribution in [0.1, 0.15) is 106 Å². The van der Waals surface area contributed by atoms with E-state index >= 15 is 0 Å². The van der Waals surface area contributed by atoms with Gasteiger partial charge in [-0.15, -0.1) is 0 Å². The number of rotatable bonds is 19. The number of aliphatic hydroxyl groups excluding tert-OH is 8. The molecule has 14 atom stereocenters. The molecule has 2 saturated heterocycles. The van der Waals surface area contributed by atoms with Crippen LogP contribution in [-0.2, 0) is 9.59 Å². The summed E-state index contributed by atoms with van der Waals surface area (Å²) in [7, 11) is 0. The van der Waals surface area contributed by atoms with E-state index in [4.69, 9.17) is 11.1 Å². The van der Waals surface area contributed by atoms with Crippen LogP contribution in [0, 0.1) is 40.4 Å². The molecule has 2 aliphatic carbocycles. The normalized spacial score (nSPS) is 32.0. The summed E-state index contributed by atoms with van der Waals surface area (Å²) in [5.41, 5.74) is 6.61. The largest absolute Gasteiger partial charge is 0.511 e. The van der Waals surface area contributed by atoms with Crippen molar-refractivity contribution < 1.29 is 50.4 Å². The van der Waals surface area contributed by atoms with Crippen molar-refractivity contribution >= 4 is 17.6 Å². The molecule has 1 saturated carbocycles. The van der Waals surface area contributed by atoms with Crippen molar-refractivity contribution in [3.8, 4) is 0 Å².